The maximum absolute atomic E-state index is 6.03. The summed E-state index contributed by atoms with van der Waals surface area (Å²) in [6.45, 7) is 0.843. The summed E-state index contributed by atoms with van der Waals surface area (Å²) in [4.78, 5) is 4.22. The van der Waals surface area contributed by atoms with Crippen LogP contribution in [0.4, 0.5) is 5.69 Å². The Morgan fingerprint density at radius 1 is 1.47 bits per heavy atom. The first-order valence-electron chi connectivity index (χ1n) is 5.25. The maximum Gasteiger partial charge on any atom is 0.137 e. The highest BCUT2D eigenvalue weighted by atomic mass is 35.5. The number of ether oxygens (including phenoxy) is 1. The van der Waals surface area contributed by atoms with Crippen LogP contribution in [0.15, 0.2) is 29.8 Å². The summed E-state index contributed by atoms with van der Waals surface area (Å²) in [5.41, 5.74) is 0.993. The monoisotopic (exact) mass is 268 g/mol. The van der Waals surface area contributed by atoms with E-state index in [2.05, 4.69) is 10.3 Å². The molecule has 0 spiro atoms. The van der Waals surface area contributed by atoms with Crippen LogP contribution in [-0.2, 0) is 6.42 Å². The number of nitrogens with one attached hydrogen (secondary N) is 1. The molecule has 17 heavy (non-hydrogen) atoms. The third kappa shape index (κ3) is 3.35. The second kappa shape index (κ2) is 5.89. The van der Waals surface area contributed by atoms with Crippen LogP contribution in [0.1, 0.15) is 5.01 Å². The molecule has 0 bridgehead atoms. The number of rotatable bonds is 5. The summed E-state index contributed by atoms with van der Waals surface area (Å²) in [7, 11) is 1.61. The van der Waals surface area contributed by atoms with Gasteiger partial charge in [-0.05, 0) is 18.2 Å². The van der Waals surface area contributed by atoms with E-state index in [1.54, 1.807) is 18.4 Å². The lowest BCUT2D eigenvalue weighted by molar-refractivity contribution is 0.415. The van der Waals surface area contributed by atoms with Crippen molar-refractivity contribution >= 4 is 28.6 Å². The topological polar surface area (TPSA) is 34.1 Å². The van der Waals surface area contributed by atoms with E-state index in [-0.39, 0.29) is 0 Å². The van der Waals surface area contributed by atoms with Gasteiger partial charge in [0.05, 0.1) is 17.1 Å². The van der Waals surface area contributed by atoms with Crippen molar-refractivity contribution in [2.24, 2.45) is 0 Å². The smallest absolute Gasteiger partial charge is 0.137 e. The van der Waals surface area contributed by atoms with Gasteiger partial charge >= 0.3 is 0 Å². The van der Waals surface area contributed by atoms with Crippen LogP contribution in [0, 0.1) is 0 Å². The molecular formula is C12H13ClN2OS. The highest BCUT2D eigenvalue weighted by molar-refractivity contribution is 7.09. The fourth-order valence-corrected chi connectivity index (χ4v) is 2.34. The lowest BCUT2D eigenvalue weighted by atomic mass is 10.3. The molecule has 0 aliphatic carbocycles. The molecule has 1 aromatic carbocycles. The van der Waals surface area contributed by atoms with E-state index in [9.17, 15) is 0 Å². The first kappa shape index (κ1) is 12.2. The Morgan fingerprint density at radius 3 is 3.00 bits per heavy atom. The third-order valence-electron chi connectivity index (χ3n) is 2.30. The summed E-state index contributed by atoms with van der Waals surface area (Å²) in [6.07, 6.45) is 2.74. The van der Waals surface area contributed by atoms with E-state index in [0.717, 1.165) is 23.7 Å². The Balaban J connectivity index is 1.89. The number of nitrogens with zero attached hydrogens (tertiary/aromatic N) is 1. The van der Waals surface area contributed by atoms with Crippen LogP contribution in [0.5, 0.6) is 5.75 Å². The maximum atomic E-state index is 6.03. The van der Waals surface area contributed by atoms with Gasteiger partial charge in [0.15, 0.2) is 0 Å². The van der Waals surface area contributed by atoms with Crippen LogP contribution in [0.2, 0.25) is 5.02 Å². The van der Waals surface area contributed by atoms with Crippen molar-refractivity contribution in [1.82, 2.24) is 4.98 Å². The van der Waals surface area contributed by atoms with Crippen LogP contribution in [-0.4, -0.2) is 18.6 Å². The molecule has 0 fully saturated rings. The van der Waals surface area contributed by atoms with Gasteiger partial charge in [-0.25, -0.2) is 4.98 Å². The van der Waals surface area contributed by atoms with E-state index >= 15 is 0 Å². The van der Waals surface area contributed by atoms with Gasteiger partial charge in [-0.15, -0.1) is 11.3 Å². The minimum atomic E-state index is 0.617. The fraction of sp³-hybridized carbons (Fsp3) is 0.250. The molecule has 90 valence electrons. The summed E-state index contributed by atoms with van der Waals surface area (Å²) in [6, 6.07) is 5.67. The van der Waals surface area contributed by atoms with E-state index in [4.69, 9.17) is 16.3 Å². The zero-order valence-corrected chi connectivity index (χ0v) is 11.0. The second-order valence-electron chi connectivity index (χ2n) is 3.45. The largest absolute Gasteiger partial charge is 0.495 e. The molecular weight excluding hydrogens is 256 g/mol. The molecule has 2 rings (SSSR count). The molecule has 1 aromatic heterocycles. The number of hydrogen-bond donors (Lipinski definition) is 1. The van der Waals surface area contributed by atoms with Gasteiger partial charge in [-0.3, -0.25) is 0 Å². The highest BCUT2D eigenvalue weighted by Crippen LogP contribution is 2.27. The first-order chi connectivity index (χ1) is 8.29. The van der Waals surface area contributed by atoms with Crippen molar-refractivity contribution < 1.29 is 4.74 Å². The predicted molar refractivity (Wildman–Crippen MR) is 72.3 cm³/mol. The Bertz CT molecular complexity index is 473. The normalized spacial score (nSPS) is 10.2. The van der Waals surface area contributed by atoms with E-state index < -0.39 is 0 Å². The van der Waals surface area contributed by atoms with Gasteiger partial charge in [0.2, 0.25) is 0 Å². The summed E-state index contributed by atoms with van der Waals surface area (Å²) < 4.78 is 5.10. The van der Waals surface area contributed by atoms with Crippen molar-refractivity contribution in [3.05, 3.63) is 39.8 Å². The number of anilines is 1. The molecule has 3 nitrogen and oxygen atoms in total. The van der Waals surface area contributed by atoms with Crippen LogP contribution >= 0.6 is 22.9 Å². The zero-order chi connectivity index (χ0) is 12.1. The lowest BCUT2D eigenvalue weighted by Crippen LogP contribution is -2.04. The number of halogens is 1. The summed E-state index contributed by atoms with van der Waals surface area (Å²) >= 11 is 7.70. The number of aromatic nitrogens is 1. The molecule has 0 saturated heterocycles. The molecule has 0 radical (unpaired) electrons. The van der Waals surface area contributed by atoms with E-state index in [1.165, 1.54) is 0 Å². The minimum absolute atomic E-state index is 0.617. The fourth-order valence-electron chi connectivity index (χ4n) is 1.47. The summed E-state index contributed by atoms with van der Waals surface area (Å²) in [5, 5.41) is 7.04. The molecule has 1 heterocycles. The van der Waals surface area contributed by atoms with Crippen LogP contribution in [0.3, 0.4) is 0 Å². The highest BCUT2D eigenvalue weighted by Gasteiger charge is 2.01. The standard InChI is InChI=1S/C12H13ClN2OS/c1-16-11-3-2-9(8-10(11)13)14-5-4-12-15-6-7-17-12/h2-3,6-8,14H,4-5H2,1H3. The number of hydrogen-bond acceptors (Lipinski definition) is 4. The average molecular weight is 269 g/mol. The zero-order valence-electron chi connectivity index (χ0n) is 9.44. The van der Waals surface area contributed by atoms with E-state index in [0.29, 0.717) is 10.8 Å². The Morgan fingerprint density at radius 2 is 2.35 bits per heavy atom. The average Bonchev–Trinajstić information content (AvgIpc) is 2.82. The number of benzene rings is 1. The quantitative estimate of drug-likeness (QED) is 0.902. The first-order valence-corrected chi connectivity index (χ1v) is 6.51. The summed E-state index contributed by atoms with van der Waals surface area (Å²) in [5.74, 6) is 0.692. The molecule has 0 saturated carbocycles. The van der Waals surface area contributed by atoms with Crippen molar-refractivity contribution in [3.8, 4) is 5.75 Å². The second-order valence-corrected chi connectivity index (χ2v) is 4.84. The lowest BCUT2D eigenvalue weighted by Gasteiger charge is -2.08. The number of methoxy groups -OCH3 is 1. The van der Waals surface area contributed by atoms with Crippen LogP contribution in [0.25, 0.3) is 0 Å². The molecule has 0 amide bonds. The molecule has 1 N–H and O–H groups in total. The Labute approximate surface area is 109 Å². The predicted octanol–water partition coefficient (Wildman–Crippen LogP) is 3.46. The van der Waals surface area contributed by atoms with Crippen molar-refractivity contribution in [3.63, 3.8) is 0 Å². The molecule has 0 atom stereocenters. The van der Waals surface area contributed by atoms with E-state index in [1.807, 2.05) is 29.8 Å². The van der Waals surface area contributed by atoms with Gasteiger partial charge in [-0.2, -0.15) is 0 Å². The van der Waals surface area contributed by atoms with Crippen molar-refractivity contribution in [1.29, 1.82) is 0 Å². The minimum Gasteiger partial charge on any atom is -0.495 e. The van der Waals surface area contributed by atoms with Crippen molar-refractivity contribution in [2.45, 2.75) is 6.42 Å². The molecule has 2 aromatic rings. The SMILES string of the molecule is COc1ccc(NCCc2nccs2)cc1Cl. The molecule has 0 aliphatic heterocycles. The van der Waals surface area contributed by atoms with Crippen molar-refractivity contribution in [2.75, 3.05) is 19.0 Å². The molecule has 5 heteroatoms. The molecule has 0 aliphatic rings. The number of thiazole rings is 1. The Kier molecular flexibility index (Phi) is 4.23. The third-order valence-corrected chi connectivity index (χ3v) is 3.44. The van der Waals surface area contributed by atoms with Gasteiger partial charge in [0.1, 0.15) is 5.75 Å². The molecule has 0 unspecified atom stereocenters. The van der Waals surface area contributed by atoms with Gasteiger partial charge in [0.25, 0.3) is 0 Å². The van der Waals surface area contributed by atoms with Crippen LogP contribution < -0.4 is 10.1 Å². The van der Waals surface area contributed by atoms with Gasteiger partial charge in [0, 0.05) is 30.2 Å². The Hall–Kier alpha value is -1.26. The van der Waals surface area contributed by atoms with Gasteiger partial charge in [-0.1, -0.05) is 11.6 Å². The van der Waals surface area contributed by atoms with Gasteiger partial charge < -0.3 is 10.1 Å².